The molecule has 0 aromatic carbocycles. The number of fused-ring (bicyclic) bond motifs is 1. The zero-order valence-corrected chi connectivity index (χ0v) is 16.8. The molecule has 0 fully saturated rings. The monoisotopic (exact) mass is 405 g/mol. The minimum atomic E-state index is -0.441. The third kappa shape index (κ3) is 3.57. The first-order valence-electron chi connectivity index (χ1n) is 9.46. The third-order valence-electron chi connectivity index (χ3n) is 4.58. The fraction of sp³-hybridized carbons (Fsp3) is 0.190. The first kappa shape index (κ1) is 19.4. The zero-order chi connectivity index (χ0) is 21.3. The van der Waals surface area contributed by atoms with Crippen molar-refractivity contribution in [2.45, 2.75) is 20.8 Å². The van der Waals surface area contributed by atoms with Gasteiger partial charge < -0.3 is 10.6 Å². The molecule has 30 heavy (non-hydrogen) atoms. The molecule has 0 spiro atoms. The van der Waals surface area contributed by atoms with E-state index in [1.807, 2.05) is 13.8 Å². The van der Waals surface area contributed by atoms with Gasteiger partial charge in [0.05, 0.1) is 17.6 Å². The number of aromatic nitrogens is 5. The average molecular weight is 405 g/mol. The number of rotatable bonds is 4. The Hall–Kier alpha value is -3.88. The Morgan fingerprint density at radius 3 is 2.77 bits per heavy atom. The molecule has 0 aliphatic carbocycles. The largest absolute Gasteiger partial charge is 0.353 e. The number of aryl methyl sites for hydroxylation is 2. The van der Waals surface area contributed by atoms with Crippen molar-refractivity contribution in [3.05, 3.63) is 59.9 Å². The highest BCUT2D eigenvalue weighted by atomic mass is 19.1. The Morgan fingerprint density at radius 1 is 1.13 bits per heavy atom. The summed E-state index contributed by atoms with van der Waals surface area (Å²) in [6.07, 6.45) is 4.82. The van der Waals surface area contributed by atoms with Crippen LogP contribution < -0.4 is 10.6 Å². The van der Waals surface area contributed by atoms with Crippen LogP contribution in [0.3, 0.4) is 0 Å². The summed E-state index contributed by atoms with van der Waals surface area (Å²) in [6.45, 7) is 6.00. The van der Waals surface area contributed by atoms with Crippen molar-refractivity contribution < 1.29 is 9.18 Å². The molecule has 152 valence electrons. The highest BCUT2D eigenvalue weighted by Crippen LogP contribution is 2.29. The molecular formula is C21H20FN7O. The van der Waals surface area contributed by atoms with Gasteiger partial charge in [-0.05, 0) is 50.6 Å². The highest BCUT2D eigenvalue weighted by molar-refractivity contribution is 5.96. The molecule has 2 N–H and O–H groups in total. The van der Waals surface area contributed by atoms with Crippen molar-refractivity contribution in [3.8, 4) is 11.4 Å². The van der Waals surface area contributed by atoms with Gasteiger partial charge in [-0.2, -0.15) is 9.78 Å². The van der Waals surface area contributed by atoms with Gasteiger partial charge in [0, 0.05) is 30.3 Å². The van der Waals surface area contributed by atoms with Crippen LogP contribution in [0.2, 0.25) is 0 Å². The SMILES string of the molecule is CCNC(=O)n1ncc2nccc(Nc3cc(-c4nc(C)ccc4F)ncc3C)c21. The second-order valence-corrected chi connectivity index (χ2v) is 6.78. The molecule has 9 heteroatoms. The van der Waals surface area contributed by atoms with Crippen molar-refractivity contribution in [1.29, 1.82) is 0 Å². The maximum absolute atomic E-state index is 14.3. The molecule has 0 atom stereocenters. The van der Waals surface area contributed by atoms with E-state index in [2.05, 4.69) is 30.7 Å². The van der Waals surface area contributed by atoms with Gasteiger partial charge in [-0.15, -0.1) is 0 Å². The van der Waals surface area contributed by atoms with E-state index in [0.29, 0.717) is 40.3 Å². The second kappa shape index (κ2) is 7.86. The van der Waals surface area contributed by atoms with Crippen molar-refractivity contribution in [1.82, 2.24) is 30.0 Å². The van der Waals surface area contributed by atoms with Crippen LogP contribution in [0.1, 0.15) is 18.2 Å². The molecule has 0 saturated carbocycles. The molecule has 0 radical (unpaired) electrons. The lowest BCUT2D eigenvalue weighted by molar-refractivity contribution is 0.241. The lowest BCUT2D eigenvalue weighted by Gasteiger charge is -2.13. The minimum Gasteiger partial charge on any atom is -0.353 e. The number of halogens is 1. The lowest BCUT2D eigenvalue weighted by atomic mass is 10.1. The maximum Gasteiger partial charge on any atom is 0.342 e. The number of hydrogen-bond acceptors (Lipinski definition) is 6. The van der Waals surface area contributed by atoms with Gasteiger partial charge in [0.1, 0.15) is 16.7 Å². The predicted molar refractivity (Wildman–Crippen MR) is 112 cm³/mol. The molecule has 1 amide bonds. The molecule has 4 aromatic heterocycles. The Labute approximate surface area is 172 Å². The molecule has 8 nitrogen and oxygen atoms in total. The lowest BCUT2D eigenvalue weighted by Crippen LogP contribution is -2.29. The summed E-state index contributed by atoms with van der Waals surface area (Å²) in [5, 5.41) is 10.2. The van der Waals surface area contributed by atoms with E-state index in [1.54, 1.807) is 37.5 Å². The van der Waals surface area contributed by atoms with E-state index in [0.717, 1.165) is 5.56 Å². The van der Waals surface area contributed by atoms with Gasteiger partial charge in [0.15, 0.2) is 5.82 Å². The first-order chi connectivity index (χ1) is 14.5. The maximum atomic E-state index is 14.3. The fourth-order valence-electron chi connectivity index (χ4n) is 3.09. The van der Waals surface area contributed by atoms with Crippen LogP contribution in [0.5, 0.6) is 0 Å². The van der Waals surface area contributed by atoms with Crippen LogP contribution in [0.15, 0.2) is 42.9 Å². The van der Waals surface area contributed by atoms with Crippen molar-refractivity contribution >= 4 is 28.4 Å². The highest BCUT2D eigenvalue weighted by Gasteiger charge is 2.16. The van der Waals surface area contributed by atoms with E-state index in [1.165, 1.54) is 16.9 Å². The first-order valence-corrected chi connectivity index (χ1v) is 9.46. The third-order valence-corrected chi connectivity index (χ3v) is 4.58. The normalized spacial score (nSPS) is 10.9. The van der Waals surface area contributed by atoms with E-state index in [9.17, 15) is 9.18 Å². The predicted octanol–water partition coefficient (Wildman–Crippen LogP) is 3.97. The zero-order valence-electron chi connectivity index (χ0n) is 16.8. The summed E-state index contributed by atoms with van der Waals surface area (Å²) < 4.78 is 15.6. The van der Waals surface area contributed by atoms with Gasteiger partial charge in [0.25, 0.3) is 0 Å². The summed E-state index contributed by atoms with van der Waals surface area (Å²) in [4.78, 5) is 25.3. The van der Waals surface area contributed by atoms with Crippen molar-refractivity contribution in [2.24, 2.45) is 0 Å². The van der Waals surface area contributed by atoms with E-state index in [-0.39, 0.29) is 11.7 Å². The average Bonchev–Trinajstić information content (AvgIpc) is 3.17. The van der Waals surface area contributed by atoms with E-state index in [4.69, 9.17) is 0 Å². The summed E-state index contributed by atoms with van der Waals surface area (Å²) in [5.74, 6) is -0.441. The molecule has 0 saturated heterocycles. The summed E-state index contributed by atoms with van der Waals surface area (Å²) in [5.41, 5.74) is 4.61. The Kier molecular flexibility index (Phi) is 5.09. The number of pyridine rings is 3. The molecule has 0 bridgehead atoms. The van der Waals surface area contributed by atoms with Gasteiger partial charge in [0.2, 0.25) is 0 Å². The number of nitrogens with one attached hydrogen (secondary N) is 2. The van der Waals surface area contributed by atoms with Crippen LogP contribution in [0, 0.1) is 19.7 Å². The molecule has 4 rings (SSSR count). The smallest absolute Gasteiger partial charge is 0.342 e. The topological polar surface area (TPSA) is 97.6 Å². The van der Waals surface area contributed by atoms with Crippen molar-refractivity contribution in [3.63, 3.8) is 0 Å². The van der Waals surface area contributed by atoms with Crippen LogP contribution in [0.25, 0.3) is 22.4 Å². The van der Waals surface area contributed by atoms with Crippen LogP contribution >= 0.6 is 0 Å². The minimum absolute atomic E-state index is 0.185. The molecule has 4 heterocycles. The summed E-state index contributed by atoms with van der Waals surface area (Å²) in [7, 11) is 0. The van der Waals surface area contributed by atoms with Gasteiger partial charge >= 0.3 is 6.03 Å². The van der Waals surface area contributed by atoms with Crippen LogP contribution in [0.4, 0.5) is 20.6 Å². The standard InChI is InChI=1S/C21H20FN7O/c1-4-23-21(30)29-20-15(7-8-24-18(20)11-26-29)28-16-9-17(25-10-12(16)2)19-14(22)6-5-13(3)27-19/h5-11H,4H2,1-3H3,(H,23,30)(H,24,25,28). The number of amides is 1. The summed E-state index contributed by atoms with van der Waals surface area (Å²) in [6, 6.07) is 6.14. The number of carbonyl (C=O) groups is 1. The molecule has 4 aromatic rings. The number of carbonyl (C=O) groups excluding carboxylic acids is 1. The molecule has 0 aliphatic heterocycles. The Balaban J connectivity index is 1.78. The van der Waals surface area contributed by atoms with Gasteiger partial charge in [-0.3, -0.25) is 9.97 Å². The Bertz CT molecular complexity index is 1250. The quantitative estimate of drug-likeness (QED) is 0.533. The summed E-state index contributed by atoms with van der Waals surface area (Å²) >= 11 is 0. The number of anilines is 2. The van der Waals surface area contributed by atoms with E-state index < -0.39 is 5.82 Å². The molecule has 0 aliphatic rings. The van der Waals surface area contributed by atoms with Gasteiger partial charge in [-0.25, -0.2) is 14.2 Å². The fourth-order valence-corrected chi connectivity index (χ4v) is 3.09. The number of hydrogen-bond donors (Lipinski definition) is 2. The molecule has 0 unspecified atom stereocenters. The van der Waals surface area contributed by atoms with Crippen LogP contribution in [-0.4, -0.2) is 37.3 Å². The van der Waals surface area contributed by atoms with Gasteiger partial charge in [-0.1, -0.05) is 0 Å². The van der Waals surface area contributed by atoms with E-state index >= 15 is 0 Å². The van der Waals surface area contributed by atoms with Crippen molar-refractivity contribution in [2.75, 3.05) is 11.9 Å². The molecular weight excluding hydrogens is 385 g/mol. The Morgan fingerprint density at radius 2 is 1.97 bits per heavy atom. The second-order valence-electron chi connectivity index (χ2n) is 6.78. The number of nitrogens with zero attached hydrogens (tertiary/aromatic N) is 5. The van der Waals surface area contributed by atoms with Crippen LogP contribution in [-0.2, 0) is 0 Å².